The second-order valence-corrected chi connectivity index (χ2v) is 4.73. The summed E-state index contributed by atoms with van der Waals surface area (Å²) < 4.78 is 0. The maximum absolute atomic E-state index is 4.52. The molecule has 0 bridgehead atoms. The lowest BCUT2D eigenvalue weighted by Crippen LogP contribution is -1.84. The van der Waals surface area contributed by atoms with Gasteiger partial charge < -0.3 is 0 Å². The highest BCUT2D eigenvalue weighted by atomic mass is 14.7. The largest absolute Gasteiger partial charge is 0.253 e. The van der Waals surface area contributed by atoms with Crippen LogP contribution in [0.3, 0.4) is 0 Å². The van der Waals surface area contributed by atoms with Gasteiger partial charge in [0.05, 0.1) is 5.52 Å². The molecule has 0 amide bonds. The van der Waals surface area contributed by atoms with Crippen LogP contribution in [-0.2, 0) is 0 Å². The van der Waals surface area contributed by atoms with E-state index in [9.17, 15) is 0 Å². The summed E-state index contributed by atoms with van der Waals surface area (Å²) in [6, 6.07) is 19.2. The SMILES string of the molecule is CC.CC.Cc1ccc(-c2ccc3nc(C)ccc3c2)cc1. The Labute approximate surface area is 135 Å². The van der Waals surface area contributed by atoms with Gasteiger partial charge in [0.25, 0.3) is 0 Å². The Morgan fingerprint density at radius 1 is 0.636 bits per heavy atom. The molecule has 1 heteroatoms. The number of aromatic nitrogens is 1. The predicted octanol–water partition coefficient (Wildman–Crippen LogP) is 6.57. The van der Waals surface area contributed by atoms with Crippen LogP contribution in [-0.4, -0.2) is 4.98 Å². The molecule has 0 atom stereocenters. The van der Waals surface area contributed by atoms with Crippen molar-refractivity contribution >= 4 is 10.9 Å². The maximum Gasteiger partial charge on any atom is 0.0705 e. The molecule has 1 aromatic heterocycles. The first kappa shape index (κ1) is 17.9. The monoisotopic (exact) mass is 293 g/mol. The van der Waals surface area contributed by atoms with E-state index in [4.69, 9.17) is 0 Å². The standard InChI is InChI=1S/C17H15N.2C2H6/c1-12-3-6-14(7-4-12)15-9-10-17-16(11-15)8-5-13(2)18-17;2*1-2/h3-11H,1-2H3;2*1-2H3. The van der Waals surface area contributed by atoms with E-state index < -0.39 is 0 Å². The van der Waals surface area contributed by atoms with Crippen LogP contribution < -0.4 is 0 Å². The van der Waals surface area contributed by atoms with Crippen LogP contribution in [0, 0.1) is 13.8 Å². The molecule has 0 fully saturated rings. The molecule has 1 nitrogen and oxygen atoms in total. The normalized spacial score (nSPS) is 9.36. The quantitative estimate of drug-likeness (QED) is 0.494. The highest BCUT2D eigenvalue weighted by Crippen LogP contribution is 2.24. The van der Waals surface area contributed by atoms with Gasteiger partial charge in [0.15, 0.2) is 0 Å². The van der Waals surface area contributed by atoms with Crippen molar-refractivity contribution in [1.29, 1.82) is 0 Å². The molecule has 0 saturated carbocycles. The number of fused-ring (bicyclic) bond motifs is 1. The summed E-state index contributed by atoms with van der Waals surface area (Å²) >= 11 is 0. The van der Waals surface area contributed by atoms with Gasteiger partial charge in [-0.1, -0.05) is 69.7 Å². The van der Waals surface area contributed by atoms with Crippen LogP contribution >= 0.6 is 0 Å². The molecule has 3 rings (SSSR count). The van der Waals surface area contributed by atoms with Gasteiger partial charge in [-0.2, -0.15) is 0 Å². The van der Waals surface area contributed by atoms with E-state index in [1.807, 2.05) is 34.6 Å². The number of benzene rings is 2. The van der Waals surface area contributed by atoms with Crippen molar-refractivity contribution in [2.75, 3.05) is 0 Å². The molecule has 0 aliphatic carbocycles. The van der Waals surface area contributed by atoms with Crippen molar-refractivity contribution in [2.45, 2.75) is 41.5 Å². The van der Waals surface area contributed by atoms with Crippen molar-refractivity contribution < 1.29 is 0 Å². The van der Waals surface area contributed by atoms with Crippen molar-refractivity contribution in [3.63, 3.8) is 0 Å². The number of hydrogen-bond donors (Lipinski definition) is 0. The molecule has 22 heavy (non-hydrogen) atoms. The Morgan fingerprint density at radius 3 is 1.86 bits per heavy atom. The van der Waals surface area contributed by atoms with E-state index in [1.165, 1.54) is 22.1 Å². The van der Waals surface area contributed by atoms with Crippen molar-refractivity contribution in [3.8, 4) is 11.1 Å². The molecule has 2 aromatic carbocycles. The molecule has 1 heterocycles. The van der Waals surface area contributed by atoms with E-state index in [2.05, 4.69) is 66.5 Å². The molecule has 0 saturated heterocycles. The first-order chi connectivity index (χ1) is 10.7. The Morgan fingerprint density at radius 2 is 1.23 bits per heavy atom. The Kier molecular flexibility index (Phi) is 7.31. The fraction of sp³-hybridized carbons (Fsp3) is 0.286. The van der Waals surface area contributed by atoms with Gasteiger partial charge in [0, 0.05) is 11.1 Å². The van der Waals surface area contributed by atoms with Gasteiger partial charge in [-0.05, 0) is 43.2 Å². The van der Waals surface area contributed by atoms with E-state index in [-0.39, 0.29) is 0 Å². The number of rotatable bonds is 1. The second kappa shape index (κ2) is 8.99. The average molecular weight is 293 g/mol. The first-order valence-corrected chi connectivity index (χ1v) is 8.17. The molecule has 0 N–H and O–H groups in total. The van der Waals surface area contributed by atoms with Crippen molar-refractivity contribution in [2.24, 2.45) is 0 Å². The Bertz CT molecular complexity index is 697. The fourth-order valence-electron chi connectivity index (χ4n) is 2.15. The molecule has 0 unspecified atom stereocenters. The van der Waals surface area contributed by atoms with E-state index >= 15 is 0 Å². The molecule has 0 spiro atoms. The predicted molar refractivity (Wildman–Crippen MR) is 99.3 cm³/mol. The molecule has 0 aliphatic rings. The topological polar surface area (TPSA) is 12.9 Å². The fourth-order valence-corrected chi connectivity index (χ4v) is 2.15. The van der Waals surface area contributed by atoms with Crippen LogP contribution in [0.25, 0.3) is 22.0 Å². The summed E-state index contributed by atoms with van der Waals surface area (Å²) in [5.74, 6) is 0. The molecule has 0 aliphatic heterocycles. The summed E-state index contributed by atoms with van der Waals surface area (Å²) in [6.07, 6.45) is 0. The summed E-state index contributed by atoms with van der Waals surface area (Å²) in [4.78, 5) is 4.52. The molecule has 0 radical (unpaired) electrons. The number of aryl methyl sites for hydroxylation is 2. The minimum Gasteiger partial charge on any atom is -0.253 e. The summed E-state index contributed by atoms with van der Waals surface area (Å²) in [5, 5.41) is 1.19. The summed E-state index contributed by atoms with van der Waals surface area (Å²) in [7, 11) is 0. The van der Waals surface area contributed by atoms with Crippen molar-refractivity contribution in [1.82, 2.24) is 4.98 Å². The third-order valence-electron chi connectivity index (χ3n) is 3.21. The second-order valence-electron chi connectivity index (χ2n) is 4.73. The smallest absolute Gasteiger partial charge is 0.0705 e. The maximum atomic E-state index is 4.52. The minimum atomic E-state index is 1.06. The Hall–Kier alpha value is -2.15. The zero-order valence-electron chi connectivity index (χ0n) is 14.6. The van der Waals surface area contributed by atoms with Crippen LogP contribution in [0.15, 0.2) is 54.6 Å². The molecule has 3 aromatic rings. The third kappa shape index (κ3) is 4.42. The molecule has 116 valence electrons. The number of hydrogen-bond acceptors (Lipinski definition) is 1. The Balaban J connectivity index is 0.000000561. The van der Waals surface area contributed by atoms with Gasteiger partial charge in [-0.15, -0.1) is 0 Å². The van der Waals surface area contributed by atoms with Crippen molar-refractivity contribution in [3.05, 3.63) is 65.9 Å². The lowest BCUT2D eigenvalue weighted by Gasteiger charge is -2.05. The number of pyridine rings is 1. The van der Waals surface area contributed by atoms with Crippen LogP contribution in [0.5, 0.6) is 0 Å². The van der Waals surface area contributed by atoms with Gasteiger partial charge in [-0.25, -0.2) is 0 Å². The minimum absolute atomic E-state index is 1.06. The zero-order chi connectivity index (χ0) is 16.5. The van der Waals surface area contributed by atoms with Gasteiger partial charge in [0.1, 0.15) is 0 Å². The van der Waals surface area contributed by atoms with Gasteiger partial charge in [-0.3, -0.25) is 4.98 Å². The highest BCUT2D eigenvalue weighted by Gasteiger charge is 2.00. The summed E-state index contributed by atoms with van der Waals surface area (Å²) in [6.45, 7) is 12.1. The van der Waals surface area contributed by atoms with Gasteiger partial charge >= 0.3 is 0 Å². The first-order valence-electron chi connectivity index (χ1n) is 8.17. The van der Waals surface area contributed by atoms with Crippen LogP contribution in [0.1, 0.15) is 39.0 Å². The summed E-state index contributed by atoms with van der Waals surface area (Å²) in [5.41, 5.74) is 5.91. The molecular weight excluding hydrogens is 266 g/mol. The average Bonchev–Trinajstić information content (AvgIpc) is 2.59. The van der Waals surface area contributed by atoms with Crippen LogP contribution in [0.2, 0.25) is 0 Å². The highest BCUT2D eigenvalue weighted by molar-refractivity contribution is 5.84. The molecular formula is C21H27N. The third-order valence-corrected chi connectivity index (χ3v) is 3.21. The van der Waals surface area contributed by atoms with E-state index in [0.717, 1.165) is 11.2 Å². The van der Waals surface area contributed by atoms with E-state index in [0.29, 0.717) is 0 Å². The van der Waals surface area contributed by atoms with E-state index in [1.54, 1.807) is 0 Å². The number of nitrogens with zero attached hydrogens (tertiary/aromatic N) is 1. The zero-order valence-corrected chi connectivity index (χ0v) is 14.6. The lowest BCUT2D eigenvalue weighted by atomic mass is 10.0. The van der Waals surface area contributed by atoms with Crippen LogP contribution in [0.4, 0.5) is 0 Å². The van der Waals surface area contributed by atoms with Gasteiger partial charge in [0.2, 0.25) is 0 Å². The lowest BCUT2D eigenvalue weighted by molar-refractivity contribution is 1.26.